The van der Waals surface area contributed by atoms with Gasteiger partial charge in [0.05, 0.1) is 22.6 Å². The number of benzene rings is 3. The molecule has 0 saturated heterocycles. The molecule has 4 aromatic rings. The highest BCUT2D eigenvalue weighted by molar-refractivity contribution is 6.32. The molecule has 0 aliphatic rings. The van der Waals surface area contributed by atoms with Gasteiger partial charge in [-0.15, -0.1) is 0 Å². The van der Waals surface area contributed by atoms with Crippen LogP contribution in [0, 0.1) is 0 Å². The Morgan fingerprint density at radius 3 is 2.53 bits per heavy atom. The molecule has 1 aromatic heterocycles. The van der Waals surface area contributed by atoms with E-state index >= 15 is 0 Å². The number of carbonyl (C=O) groups is 1. The summed E-state index contributed by atoms with van der Waals surface area (Å²) in [5.74, 6) is 1.49. The molecule has 5 nitrogen and oxygen atoms in total. The van der Waals surface area contributed by atoms with E-state index in [9.17, 15) is 4.79 Å². The summed E-state index contributed by atoms with van der Waals surface area (Å²) in [7, 11) is 0. The molecule has 1 heterocycles. The highest BCUT2D eigenvalue weighted by Crippen LogP contribution is 2.23. The fourth-order valence-corrected chi connectivity index (χ4v) is 3.54. The Kier molecular flexibility index (Phi) is 6.30. The zero-order chi connectivity index (χ0) is 20.8. The first-order chi connectivity index (χ1) is 14.7. The summed E-state index contributed by atoms with van der Waals surface area (Å²) in [6.07, 6.45) is 0.624. The molecule has 0 bridgehead atoms. The second kappa shape index (κ2) is 9.46. The van der Waals surface area contributed by atoms with Gasteiger partial charge in [0.25, 0.3) is 5.91 Å². The van der Waals surface area contributed by atoms with E-state index in [0.717, 1.165) is 16.9 Å². The highest BCUT2D eigenvalue weighted by Gasteiger charge is 2.12. The summed E-state index contributed by atoms with van der Waals surface area (Å²) in [5.41, 5.74) is 2.63. The number of carbonyl (C=O) groups excluding carboxylic acids is 1. The molecule has 0 unspecified atom stereocenters. The quantitative estimate of drug-likeness (QED) is 0.448. The predicted octanol–water partition coefficient (Wildman–Crippen LogP) is 4.74. The molecule has 30 heavy (non-hydrogen) atoms. The first-order valence-corrected chi connectivity index (χ1v) is 10.2. The van der Waals surface area contributed by atoms with Gasteiger partial charge in [-0.2, -0.15) is 0 Å². The van der Waals surface area contributed by atoms with E-state index in [1.807, 2.05) is 66.7 Å². The predicted molar refractivity (Wildman–Crippen MR) is 119 cm³/mol. The molecule has 0 radical (unpaired) electrons. The normalized spacial score (nSPS) is 10.8. The van der Waals surface area contributed by atoms with Crippen molar-refractivity contribution in [1.82, 2.24) is 14.9 Å². The third-order valence-electron chi connectivity index (χ3n) is 4.81. The number of fused-ring (bicyclic) bond motifs is 1. The van der Waals surface area contributed by atoms with Crippen molar-refractivity contribution in [2.75, 3.05) is 13.2 Å². The molecule has 3 aromatic carbocycles. The molecule has 0 aliphatic heterocycles. The smallest absolute Gasteiger partial charge is 0.251 e. The molecule has 0 atom stereocenters. The zero-order valence-corrected chi connectivity index (χ0v) is 17.2. The van der Waals surface area contributed by atoms with E-state index in [1.54, 1.807) is 12.1 Å². The van der Waals surface area contributed by atoms with E-state index in [-0.39, 0.29) is 5.91 Å². The lowest BCUT2D eigenvalue weighted by molar-refractivity contribution is 0.0954. The maximum Gasteiger partial charge on any atom is 0.251 e. The van der Waals surface area contributed by atoms with Crippen LogP contribution < -0.4 is 10.1 Å². The van der Waals surface area contributed by atoms with Crippen LogP contribution in [-0.2, 0) is 13.0 Å². The van der Waals surface area contributed by atoms with Crippen molar-refractivity contribution < 1.29 is 9.53 Å². The third kappa shape index (κ3) is 4.63. The molecule has 0 aliphatic carbocycles. The number of ether oxygens (including phenoxy) is 1. The SMILES string of the molecule is O=C(NCCc1nc2ccccc2n1CCOc1ccccc1Cl)c1ccccc1. The van der Waals surface area contributed by atoms with Crippen LogP contribution in [0.15, 0.2) is 78.9 Å². The average Bonchev–Trinajstić information content (AvgIpc) is 3.13. The van der Waals surface area contributed by atoms with Crippen LogP contribution >= 0.6 is 11.6 Å². The molecule has 152 valence electrons. The number of hydrogen-bond donors (Lipinski definition) is 1. The number of aromatic nitrogens is 2. The minimum Gasteiger partial charge on any atom is -0.490 e. The average molecular weight is 420 g/mol. The van der Waals surface area contributed by atoms with E-state index in [4.69, 9.17) is 21.3 Å². The van der Waals surface area contributed by atoms with Crippen molar-refractivity contribution in [2.24, 2.45) is 0 Å². The van der Waals surface area contributed by atoms with Crippen molar-refractivity contribution >= 4 is 28.5 Å². The molecule has 0 spiro atoms. The van der Waals surface area contributed by atoms with E-state index in [2.05, 4.69) is 9.88 Å². The van der Waals surface area contributed by atoms with Crippen LogP contribution in [-0.4, -0.2) is 28.6 Å². The maximum atomic E-state index is 12.3. The number of imidazole rings is 1. The Morgan fingerprint density at radius 1 is 0.967 bits per heavy atom. The first-order valence-electron chi connectivity index (χ1n) is 9.87. The lowest BCUT2D eigenvalue weighted by Gasteiger charge is -2.12. The molecule has 1 amide bonds. The largest absolute Gasteiger partial charge is 0.490 e. The lowest BCUT2D eigenvalue weighted by atomic mass is 10.2. The van der Waals surface area contributed by atoms with Gasteiger partial charge in [-0.3, -0.25) is 4.79 Å². The lowest BCUT2D eigenvalue weighted by Crippen LogP contribution is -2.26. The van der Waals surface area contributed by atoms with Crippen LogP contribution in [0.5, 0.6) is 5.75 Å². The molecule has 1 N–H and O–H groups in total. The second-order valence-electron chi connectivity index (χ2n) is 6.82. The second-order valence-corrected chi connectivity index (χ2v) is 7.23. The maximum absolute atomic E-state index is 12.3. The van der Waals surface area contributed by atoms with Gasteiger partial charge in [0.2, 0.25) is 0 Å². The van der Waals surface area contributed by atoms with Gasteiger partial charge >= 0.3 is 0 Å². The Bertz CT molecular complexity index is 1140. The minimum absolute atomic E-state index is 0.0830. The molecule has 0 saturated carbocycles. The van der Waals surface area contributed by atoms with Crippen molar-refractivity contribution in [3.8, 4) is 5.75 Å². The van der Waals surface area contributed by atoms with E-state index in [0.29, 0.717) is 42.5 Å². The molecule has 0 fully saturated rings. The van der Waals surface area contributed by atoms with Crippen molar-refractivity contribution in [2.45, 2.75) is 13.0 Å². The fraction of sp³-hybridized carbons (Fsp3) is 0.167. The van der Waals surface area contributed by atoms with Gasteiger partial charge in [-0.1, -0.05) is 54.1 Å². The first kappa shape index (κ1) is 20.0. The van der Waals surface area contributed by atoms with Gasteiger partial charge in [0.1, 0.15) is 18.2 Å². The van der Waals surface area contributed by atoms with Gasteiger partial charge < -0.3 is 14.6 Å². The Morgan fingerprint density at radius 2 is 1.70 bits per heavy atom. The van der Waals surface area contributed by atoms with Crippen LogP contribution in [0.3, 0.4) is 0 Å². The number of amides is 1. The van der Waals surface area contributed by atoms with E-state index in [1.165, 1.54) is 0 Å². The van der Waals surface area contributed by atoms with Crippen LogP contribution in [0.1, 0.15) is 16.2 Å². The summed E-state index contributed by atoms with van der Waals surface area (Å²) in [4.78, 5) is 17.0. The van der Waals surface area contributed by atoms with Crippen LogP contribution in [0.4, 0.5) is 0 Å². The third-order valence-corrected chi connectivity index (χ3v) is 5.13. The molecular weight excluding hydrogens is 398 g/mol. The topological polar surface area (TPSA) is 56.2 Å². The minimum atomic E-state index is -0.0830. The summed E-state index contributed by atoms with van der Waals surface area (Å²) in [6, 6.07) is 24.7. The molecule has 4 rings (SSSR count). The molecular formula is C24H22ClN3O2. The van der Waals surface area contributed by atoms with Crippen molar-refractivity contribution in [1.29, 1.82) is 0 Å². The monoisotopic (exact) mass is 419 g/mol. The summed E-state index contributed by atoms with van der Waals surface area (Å²) < 4.78 is 8.00. The summed E-state index contributed by atoms with van der Waals surface area (Å²) >= 11 is 6.18. The fourth-order valence-electron chi connectivity index (χ4n) is 3.35. The van der Waals surface area contributed by atoms with Gasteiger partial charge in [0.15, 0.2) is 0 Å². The van der Waals surface area contributed by atoms with Crippen molar-refractivity contribution in [3.63, 3.8) is 0 Å². The Hall–Kier alpha value is -3.31. The standard InChI is InChI=1S/C24H22ClN3O2/c25-19-10-4-7-13-22(19)30-17-16-28-21-12-6-5-11-20(21)27-23(28)14-15-26-24(29)18-8-2-1-3-9-18/h1-13H,14-17H2,(H,26,29). The highest BCUT2D eigenvalue weighted by atomic mass is 35.5. The van der Waals surface area contributed by atoms with Gasteiger partial charge in [-0.05, 0) is 36.4 Å². The van der Waals surface area contributed by atoms with Crippen molar-refractivity contribution in [3.05, 3.63) is 95.3 Å². The summed E-state index contributed by atoms with van der Waals surface area (Å²) in [6.45, 7) is 1.60. The summed E-state index contributed by atoms with van der Waals surface area (Å²) in [5, 5.41) is 3.56. The number of halogens is 1. The van der Waals surface area contributed by atoms with E-state index < -0.39 is 0 Å². The van der Waals surface area contributed by atoms with Crippen LogP contribution in [0.25, 0.3) is 11.0 Å². The number of hydrogen-bond acceptors (Lipinski definition) is 3. The van der Waals surface area contributed by atoms with Gasteiger partial charge in [0, 0.05) is 18.5 Å². The number of para-hydroxylation sites is 3. The zero-order valence-electron chi connectivity index (χ0n) is 16.4. The number of nitrogens with zero attached hydrogens (tertiary/aromatic N) is 2. The van der Waals surface area contributed by atoms with Crippen LogP contribution in [0.2, 0.25) is 5.02 Å². The number of rotatable bonds is 8. The number of nitrogens with one attached hydrogen (secondary N) is 1. The Labute approximate surface area is 180 Å². The Balaban J connectivity index is 1.43. The van der Waals surface area contributed by atoms with Gasteiger partial charge in [-0.25, -0.2) is 4.98 Å². The molecule has 6 heteroatoms.